The first-order valence-electron chi connectivity index (χ1n) is 6.90. The van der Waals surface area contributed by atoms with Crippen molar-refractivity contribution in [3.8, 4) is 0 Å². The number of alkyl halides is 3. The molecule has 0 saturated heterocycles. The molecule has 21 heavy (non-hydrogen) atoms. The molecule has 0 aliphatic heterocycles. The molecule has 0 radical (unpaired) electrons. The molecule has 0 bridgehead atoms. The number of nitrogens with one attached hydrogen (secondary N) is 1. The van der Waals surface area contributed by atoms with Crippen molar-refractivity contribution in [2.45, 2.75) is 33.0 Å². The van der Waals surface area contributed by atoms with Crippen LogP contribution in [0.15, 0.2) is 24.3 Å². The third-order valence-electron chi connectivity index (χ3n) is 2.98. The minimum Gasteiger partial charge on any atom is -0.388 e. The summed E-state index contributed by atoms with van der Waals surface area (Å²) in [5.74, 6) is 0.482. The second kappa shape index (κ2) is 7.45. The first-order chi connectivity index (χ1) is 9.68. The zero-order valence-electron chi connectivity index (χ0n) is 12.4. The molecule has 0 unspecified atom stereocenters. The fraction of sp³-hybridized carbons (Fsp3) is 0.533. The second-order valence-electron chi connectivity index (χ2n) is 5.60. The molecule has 3 nitrogen and oxygen atoms in total. The number of nitrogens with zero attached hydrogens (tertiary/aromatic N) is 1. The minimum atomic E-state index is -4.32. The Balaban J connectivity index is 2.80. The van der Waals surface area contributed by atoms with Crippen molar-refractivity contribution < 1.29 is 13.2 Å². The molecule has 1 aromatic rings. The van der Waals surface area contributed by atoms with E-state index in [0.29, 0.717) is 31.0 Å². The highest BCUT2D eigenvalue weighted by Gasteiger charge is 2.30. The van der Waals surface area contributed by atoms with Crippen molar-refractivity contribution in [3.05, 3.63) is 35.4 Å². The summed E-state index contributed by atoms with van der Waals surface area (Å²) in [5.41, 5.74) is 5.34. The lowest BCUT2D eigenvalue weighted by Crippen LogP contribution is -2.31. The summed E-state index contributed by atoms with van der Waals surface area (Å²) in [4.78, 5) is 2.03. The second-order valence-corrected chi connectivity index (χ2v) is 5.60. The molecule has 118 valence electrons. The van der Waals surface area contributed by atoms with Gasteiger partial charge in [0, 0.05) is 26.1 Å². The lowest BCUT2D eigenvalue weighted by molar-refractivity contribution is -0.137. The first-order valence-corrected chi connectivity index (χ1v) is 6.90. The maximum atomic E-state index is 12.7. The molecule has 0 aromatic heterocycles. The van der Waals surface area contributed by atoms with Crippen molar-refractivity contribution in [2.75, 3.05) is 13.1 Å². The van der Waals surface area contributed by atoms with Gasteiger partial charge < -0.3 is 5.73 Å². The van der Waals surface area contributed by atoms with E-state index in [4.69, 9.17) is 11.1 Å². The highest BCUT2D eigenvalue weighted by molar-refractivity contribution is 5.76. The van der Waals surface area contributed by atoms with E-state index in [2.05, 4.69) is 0 Å². The van der Waals surface area contributed by atoms with Gasteiger partial charge in [0.2, 0.25) is 0 Å². The van der Waals surface area contributed by atoms with Gasteiger partial charge in [-0.1, -0.05) is 32.0 Å². The Labute approximate surface area is 123 Å². The van der Waals surface area contributed by atoms with Crippen LogP contribution < -0.4 is 5.73 Å². The van der Waals surface area contributed by atoms with Crippen LogP contribution in [0.25, 0.3) is 0 Å². The highest BCUT2D eigenvalue weighted by atomic mass is 19.4. The van der Waals surface area contributed by atoms with Crippen molar-refractivity contribution in [2.24, 2.45) is 11.7 Å². The Bertz CT molecular complexity index is 469. The van der Waals surface area contributed by atoms with E-state index < -0.39 is 11.7 Å². The summed E-state index contributed by atoms with van der Waals surface area (Å²) >= 11 is 0. The first kappa shape index (κ1) is 17.5. The average Bonchev–Trinajstić information content (AvgIpc) is 2.34. The van der Waals surface area contributed by atoms with Gasteiger partial charge in [0.05, 0.1) is 11.4 Å². The van der Waals surface area contributed by atoms with Crippen LogP contribution in [-0.4, -0.2) is 23.8 Å². The van der Waals surface area contributed by atoms with Crippen molar-refractivity contribution in [1.82, 2.24) is 4.90 Å². The number of rotatable bonds is 7. The van der Waals surface area contributed by atoms with E-state index in [1.807, 2.05) is 18.7 Å². The summed E-state index contributed by atoms with van der Waals surface area (Å²) in [6, 6.07) is 5.37. The minimum absolute atomic E-state index is 0.0906. The van der Waals surface area contributed by atoms with Crippen molar-refractivity contribution in [1.29, 1.82) is 5.41 Å². The Hall–Kier alpha value is -1.56. The molecule has 0 fully saturated rings. The lowest BCUT2D eigenvalue weighted by Gasteiger charge is -2.24. The summed E-state index contributed by atoms with van der Waals surface area (Å²) in [6.45, 7) is 5.85. The molecular weight excluding hydrogens is 279 g/mol. The molecule has 0 heterocycles. The van der Waals surface area contributed by atoms with Crippen LogP contribution in [0.1, 0.15) is 31.4 Å². The van der Waals surface area contributed by atoms with Gasteiger partial charge in [0.25, 0.3) is 0 Å². The Kier molecular flexibility index (Phi) is 6.20. The molecule has 1 aromatic carbocycles. The molecule has 3 N–H and O–H groups in total. The average molecular weight is 301 g/mol. The lowest BCUT2D eigenvalue weighted by atomic mass is 10.1. The molecule has 1 rings (SSSR count). The van der Waals surface area contributed by atoms with Gasteiger partial charge in [-0.25, -0.2) is 0 Å². The predicted molar refractivity (Wildman–Crippen MR) is 78.1 cm³/mol. The van der Waals surface area contributed by atoms with E-state index in [1.165, 1.54) is 12.1 Å². The maximum absolute atomic E-state index is 12.7. The molecule has 0 atom stereocenters. The number of nitrogens with two attached hydrogens (primary N) is 1. The van der Waals surface area contributed by atoms with Gasteiger partial charge in [-0.3, -0.25) is 10.3 Å². The fourth-order valence-corrected chi connectivity index (χ4v) is 2.13. The normalized spacial score (nSPS) is 12.1. The molecule has 0 amide bonds. The van der Waals surface area contributed by atoms with Gasteiger partial charge in [-0.05, 0) is 17.5 Å². The Morgan fingerprint density at radius 2 is 2.00 bits per heavy atom. The monoisotopic (exact) mass is 301 g/mol. The molecular formula is C15H22F3N3. The zero-order chi connectivity index (χ0) is 16.0. The predicted octanol–water partition coefficient (Wildman–Crippen LogP) is 3.49. The van der Waals surface area contributed by atoms with E-state index in [0.717, 1.165) is 12.6 Å². The fourth-order valence-electron chi connectivity index (χ4n) is 2.13. The third kappa shape index (κ3) is 6.62. The number of amidine groups is 1. The van der Waals surface area contributed by atoms with E-state index in [9.17, 15) is 13.2 Å². The van der Waals surface area contributed by atoms with E-state index >= 15 is 0 Å². The smallest absolute Gasteiger partial charge is 0.388 e. The van der Waals surface area contributed by atoms with Gasteiger partial charge >= 0.3 is 6.18 Å². The zero-order valence-corrected chi connectivity index (χ0v) is 12.4. The summed E-state index contributed by atoms with van der Waals surface area (Å²) < 4.78 is 38.1. The molecule has 0 spiro atoms. The van der Waals surface area contributed by atoms with Crippen LogP contribution in [-0.2, 0) is 12.7 Å². The molecule has 6 heteroatoms. The summed E-state index contributed by atoms with van der Waals surface area (Å²) in [5, 5.41) is 7.27. The number of hydrogen-bond acceptors (Lipinski definition) is 2. The van der Waals surface area contributed by atoms with Crippen LogP contribution in [0.5, 0.6) is 0 Å². The van der Waals surface area contributed by atoms with Crippen LogP contribution in [0.4, 0.5) is 13.2 Å². The van der Waals surface area contributed by atoms with Crippen LogP contribution in [0, 0.1) is 11.3 Å². The van der Waals surface area contributed by atoms with Crippen LogP contribution in [0.2, 0.25) is 0 Å². The summed E-state index contributed by atoms with van der Waals surface area (Å²) in [6.07, 6.45) is -3.90. The molecule has 0 aliphatic rings. The quantitative estimate of drug-likeness (QED) is 0.598. The van der Waals surface area contributed by atoms with Gasteiger partial charge in [0.15, 0.2) is 0 Å². The Morgan fingerprint density at radius 1 is 1.33 bits per heavy atom. The standard InChI is InChI=1S/C15H22F3N3/c1-11(2)9-21(7-6-14(19)20)10-12-4-3-5-13(8-12)15(16,17)18/h3-5,8,11H,6-7,9-10H2,1-2H3,(H3,19,20). The van der Waals surface area contributed by atoms with Crippen LogP contribution in [0.3, 0.4) is 0 Å². The van der Waals surface area contributed by atoms with Crippen molar-refractivity contribution >= 4 is 5.84 Å². The topological polar surface area (TPSA) is 53.1 Å². The van der Waals surface area contributed by atoms with Gasteiger partial charge in [0.1, 0.15) is 0 Å². The third-order valence-corrected chi connectivity index (χ3v) is 2.98. The van der Waals surface area contributed by atoms with Crippen LogP contribution >= 0.6 is 0 Å². The molecule has 0 saturated carbocycles. The van der Waals surface area contributed by atoms with E-state index in [1.54, 1.807) is 6.07 Å². The number of benzene rings is 1. The van der Waals surface area contributed by atoms with Crippen molar-refractivity contribution in [3.63, 3.8) is 0 Å². The number of halogens is 3. The number of hydrogen-bond donors (Lipinski definition) is 2. The summed E-state index contributed by atoms with van der Waals surface area (Å²) in [7, 11) is 0. The molecule has 0 aliphatic carbocycles. The Morgan fingerprint density at radius 3 is 2.52 bits per heavy atom. The van der Waals surface area contributed by atoms with Gasteiger partial charge in [-0.2, -0.15) is 13.2 Å². The SMILES string of the molecule is CC(C)CN(CCC(=N)N)Cc1cccc(C(F)(F)F)c1. The largest absolute Gasteiger partial charge is 0.416 e. The maximum Gasteiger partial charge on any atom is 0.416 e. The highest BCUT2D eigenvalue weighted by Crippen LogP contribution is 2.29. The van der Waals surface area contributed by atoms with Gasteiger partial charge in [-0.15, -0.1) is 0 Å². The van der Waals surface area contributed by atoms with E-state index in [-0.39, 0.29) is 5.84 Å².